The quantitative estimate of drug-likeness (QED) is 0.0287. The minimum atomic E-state index is -0.178. The van der Waals surface area contributed by atoms with Crippen LogP contribution in [0.1, 0.15) is 214 Å². The molecule has 57 heavy (non-hydrogen) atoms. The number of rotatable bonds is 40. The Bertz CT molecular complexity index is 1160. The smallest absolute Gasteiger partial charge is 0.261 e. The number of fused-ring (bicyclic) bond motifs is 1. The molecular formula is C51H89N2O4+. The molecular weight excluding hydrogens is 705 g/mol. The van der Waals surface area contributed by atoms with E-state index in [1.54, 1.807) is 12.1 Å². The predicted octanol–water partition coefficient (Wildman–Crippen LogP) is 13.8. The van der Waals surface area contributed by atoms with Gasteiger partial charge in [-0.1, -0.05) is 166 Å². The molecule has 1 heterocycles. The predicted molar refractivity (Wildman–Crippen MR) is 243 cm³/mol. The molecule has 2 rings (SSSR count). The highest BCUT2D eigenvalue weighted by Crippen LogP contribution is 2.23. The molecule has 1 aliphatic rings. The molecule has 326 valence electrons. The van der Waals surface area contributed by atoms with Gasteiger partial charge >= 0.3 is 0 Å². The standard InChI is InChI=1S/C51H89N2O4/c1-5-7-9-11-13-15-17-19-21-23-25-27-29-31-33-37-43-56-46-47(45-53(3,4)42-41-52-50(54)48-39-35-36-40-49(48)51(52)55)57-44-38-34-32-30-28-26-24-22-20-18-16-14-12-10-8-6-2/h19-22,35-36,39-40,47H,5-18,23-34,37-38,41-46H2,1-4H3/q+1/b21-19-,22-20-. The van der Waals surface area contributed by atoms with Crippen LogP contribution in [-0.4, -0.2) is 80.9 Å². The molecule has 0 bridgehead atoms. The Labute approximate surface area is 352 Å². The Balaban J connectivity index is 1.62. The lowest BCUT2D eigenvalue weighted by molar-refractivity contribution is -0.892. The van der Waals surface area contributed by atoms with Crippen LogP contribution in [0.5, 0.6) is 0 Å². The molecule has 6 nitrogen and oxygen atoms in total. The maximum Gasteiger partial charge on any atom is 0.261 e. The number of allylic oxidation sites excluding steroid dienone is 4. The molecule has 0 radical (unpaired) electrons. The number of likely N-dealkylation sites (N-methyl/N-ethyl adjacent to an activating group) is 1. The van der Waals surface area contributed by atoms with Gasteiger partial charge in [-0.3, -0.25) is 14.5 Å². The SMILES string of the molecule is CCCCCCCC/C=C\CCCCCCCCOCC(C[N+](C)(C)CCN1C(=O)c2ccccc2C1=O)OCCCCCCCC/C=C\CCCCCCCC. The summed E-state index contributed by atoms with van der Waals surface area (Å²) in [6.45, 7) is 8.53. The fourth-order valence-corrected chi connectivity index (χ4v) is 7.87. The molecule has 0 saturated heterocycles. The van der Waals surface area contributed by atoms with Crippen LogP contribution < -0.4 is 0 Å². The van der Waals surface area contributed by atoms with Gasteiger partial charge in [0.1, 0.15) is 12.6 Å². The van der Waals surface area contributed by atoms with Gasteiger partial charge in [0, 0.05) is 13.2 Å². The third-order valence-electron chi connectivity index (χ3n) is 11.6. The van der Waals surface area contributed by atoms with Crippen LogP contribution in [-0.2, 0) is 9.47 Å². The number of unbranched alkanes of at least 4 members (excludes halogenated alkanes) is 24. The summed E-state index contributed by atoms with van der Waals surface area (Å²) in [4.78, 5) is 27.4. The van der Waals surface area contributed by atoms with Crippen LogP contribution in [0.4, 0.5) is 0 Å². The molecule has 0 N–H and O–H groups in total. The van der Waals surface area contributed by atoms with E-state index in [0.29, 0.717) is 35.3 Å². The largest absolute Gasteiger partial charge is 0.379 e. The van der Waals surface area contributed by atoms with E-state index in [-0.39, 0.29) is 17.9 Å². The normalized spacial score (nSPS) is 13.9. The fraction of sp³-hybridized carbons (Fsp3) is 0.765. The highest BCUT2D eigenvalue weighted by Gasteiger charge is 2.36. The van der Waals surface area contributed by atoms with Crippen molar-refractivity contribution in [1.29, 1.82) is 0 Å². The molecule has 1 atom stereocenters. The van der Waals surface area contributed by atoms with Gasteiger partial charge in [0.25, 0.3) is 11.8 Å². The first-order chi connectivity index (χ1) is 27.9. The van der Waals surface area contributed by atoms with Gasteiger partial charge < -0.3 is 14.0 Å². The third-order valence-corrected chi connectivity index (χ3v) is 11.6. The van der Waals surface area contributed by atoms with Gasteiger partial charge in [-0.15, -0.1) is 0 Å². The number of ether oxygens (including phenoxy) is 2. The van der Waals surface area contributed by atoms with Gasteiger partial charge in [0.05, 0.1) is 44.9 Å². The molecule has 1 aromatic rings. The number of amides is 2. The minimum absolute atomic E-state index is 0.0144. The number of carbonyl (C=O) groups excluding carboxylic acids is 2. The van der Waals surface area contributed by atoms with Crippen molar-refractivity contribution in [3.8, 4) is 0 Å². The van der Waals surface area contributed by atoms with Crippen molar-refractivity contribution < 1.29 is 23.5 Å². The molecule has 0 aliphatic carbocycles. The van der Waals surface area contributed by atoms with E-state index in [9.17, 15) is 9.59 Å². The second kappa shape index (κ2) is 34.6. The summed E-state index contributed by atoms with van der Waals surface area (Å²) in [5, 5.41) is 0. The Hall–Kier alpha value is -2.28. The van der Waals surface area contributed by atoms with Crippen molar-refractivity contribution in [3.63, 3.8) is 0 Å². The maximum absolute atomic E-state index is 13.0. The van der Waals surface area contributed by atoms with Crippen molar-refractivity contribution in [3.05, 3.63) is 59.7 Å². The van der Waals surface area contributed by atoms with Crippen molar-refractivity contribution in [2.24, 2.45) is 0 Å². The van der Waals surface area contributed by atoms with Gasteiger partial charge in [0.2, 0.25) is 0 Å². The topological polar surface area (TPSA) is 55.8 Å². The first kappa shape index (κ1) is 50.9. The number of carbonyl (C=O) groups is 2. The van der Waals surface area contributed by atoms with Crippen LogP contribution in [0.2, 0.25) is 0 Å². The summed E-state index contributed by atoms with van der Waals surface area (Å²) in [5.41, 5.74) is 1.04. The average molecular weight is 794 g/mol. The molecule has 2 amide bonds. The summed E-state index contributed by atoms with van der Waals surface area (Å²) in [5.74, 6) is -0.357. The van der Waals surface area contributed by atoms with Crippen LogP contribution >= 0.6 is 0 Å². The Morgan fingerprint density at radius 2 is 0.930 bits per heavy atom. The highest BCUT2D eigenvalue weighted by molar-refractivity contribution is 6.21. The van der Waals surface area contributed by atoms with Gasteiger partial charge in [-0.05, 0) is 76.3 Å². The van der Waals surface area contributed by atoms with Crippen LogP contribution in [0.15, 0.2) is 48.6 Å². The van der Waals surface area contributed by atoms with E-state index in [0.717, 1.165) is 32.6 Å². The van der Waals surface area contributed by atoms with Gasteiger partial charge in [-0.25, -0.2) is 0 Å². The van der Waals surface area contributed by atoms with E-state index in [1.165, 1.54) is 172 Å². The molecule has 1 aromatic carbocycles. The molecule has 0 fully saturated rings. The zero-order chi connectivity index (χ0) is 41.1. The molecule has 0 spiro atoms. The number of nitrogens with zero attached hydrogens (tertiary/aromatic N) is 2. The summed E-state index contributed by atoms with van der Waals surface area (Å²) >= 11 is 0. The fourth-order valence-electron chi connectivity index (χ4n) is 7.87. The lowest BCUT2D eigenvalue weighted by Crippen LogP contribution is -2.51. The average Bonchev–Trinajstić information content (AvgIpc) is 3.45. The molecule has 0 aromatic heterocycles. The Morgan fingerprint density at radius 1 is 0.544 bits per heavy atom. The second-order valence-corrected chi connectivity index (χ2v) is 17.6. The van der Waals surface area contributed by atoms with Gasteiger partial charge in [-0.2, -0.15) is 0 Å². The number of benzene rings is 1. The number of quaternary nitrogens is 1. The summed E-state index contributed by atoms with van der Waals surface area (Å²) in [6, 6.07) is 7.15. The first-order valence-electron chi connectivity index (χ1n) is 24.2. The van der Waals surface area contributed by atoms with Crippen molar-refractivity contribution >= 4 is 11.8 Å². The third kappa shape index (κ3) is 25.7. The summed E-state index contributed by atoms with van der Waals surface area (Å²) < 4.78 is 13.4. The van der Waals surface area contributed by atoms with E-state index in [1.807, 2.05) is 12.1 Å². The van der Waals surface area contributed by atoms with Crippen LogP contribution in [0.25, 0.3) is 0 Å². The lowest BCUT2D eigenvalue weighted by Gasteiger charge is -2.34. The van der Waals surface area contributed by atoms with E-state index in [4.69, 9.17) is 9.47 Å². The zero-order valence-corrected chi connectivity index (χ0v) is 37.8. The maximum atomic E-state index is 13.0. The molecule has 1 aliphatic heterocycles. The van der Waals surface area contributed by atoms with E-state index >= 15 is 0 Å². The Kier molecular flexibility index (Phi) is 30.8. The number of hydrogen-bond donors (Lipinski definition) is 0. The molecule has 0 saturated carbocycles. The van der Waals surface area contributed by atoms with Crippen LogP contribution in [0.3, 0.4) is 0 Å². The molecule has 1 unspecified atom stereocenters. The van der Waals surface area contributed by atoms with Crippen LogP contribution in [0, 0.1) is 0 Å². The van der Waals surface area contributed by atoms with Crippen molar-refractivity contribution in [2.75, 3.05) is 53.6 Å². The second-order valence-electron chi connectivity index (χ2n) is 17.6. The minimum Gasteiger partial charge on any atom is -0.379 e. The Morgan fingerprint density at radius 3 is 1.37 bits per heavy atom. The number of hydrogen-bond acceptors (Lipinski definition) is 4. The number of imide groups is 1. The van der Waals surface area contributed by atoms with E-state index in [2.05, 4.69) is 52.2 Å². The molecule has 6 heteroatoms. The highest BCUT2D eigenvalue weighted by atomic mass is 16.5. The summed E-state index contributed by atoms with van der Waals surface area (Å²) in [7, 11) is 4.34. The first-order valence-corrected chi connectivity index (χ1v) is 24.2. The van der Waals surface area contributed by atoms with E-state index < -0.39 is 0 Å². The zero-order valence-electron chi connectivity index (χ0n) is 37.8. The van der Waals surface area contributed by atoms with Crippen molar-refractivity contribution in [2.45, 2.75) is 200 Å². The summed E-state index contributed by atoms with van der Waals surface area (Å²) in [6.07, 6.45) is 46.1. The van der Waals surface area contributed by atoms with Crippen molar-refractivity contribution in [1.82, 2.24) is 4.90 Å². The monoisotopic (exact) mass is 794 g/mol. The van der Waals surface area contributed by atoms with Gasteiger partial charge in [0.15, 0.2) is 0 Å². The lowest BCUT2D eigenvalue weighted by atomic mass is 10.1.